The fourth-order valence-corrected chi connectivity index (χ4v) is 6.87. The Morgan fingerprint density at radius 2 is 1.95 bits per heavy atom. The van der Waals surface area contributed by atoms with Crippen LogP contribution < -0.4 is 4.90 Å². The number of likely N-dealkylation sites (tertiary alicyclic amines) is 1. The van der Waals surface area contributed by atoms with Gasteiger partial charge in [-0.1, -0.05) is 30.7 Å². The van der Waals surface area contributed by atoms with Crippen molar-refractivity contribution in [2.75, 3.05) is 31.2 Å². The molecule has 3 saturated heterocycles. The molecule has 1 N–H and O–H groups in total. The molecule has 4 rings (SSSR count). The molecule has 9 heteroatoms. The summed E-state index contributed by atoms with van der Waals surface area (Å²) in [4.78, 5) is 45.3. The highest BCUT2D eigenvalue weighted by Crippen LogP contribution is 2.65. The zero-order valence-electron chi connectivity index (χ0n) is 22.8. The van der Waals surface area contributed by atoms with Crippen molar-refractivity contribution in [2.45, 2.75) is 63.2 Å². The number of benzene rings is 1. The first-order valence-corrected chi connectivity index (χ1v) is 14.1. The fraction of sp³-hybridized carbons (Fsp3) is 0.567. The highest BCUT2D eigenvalue weighted by molar-refractivity contribution is 6.30. The minimum atomic E-state index is -1.16. The third-order valence-corrected chi connectivity index (χ3v) is 8.89. The highest BCUT2D eigenvalue weighted by atomic mass is 35.5. The molecule has 3 heterocycles. The molecule has 39 heavy (non-hydrogen) atoms. The summed E-state index contributed by atoms with van der Waals surface area (Å²) in [6.07, 6.45) is 6.21. The first-order chi connectivity index (χ1) is 18.7. The molecule has 6 atom stereocenters. The zero-order chi connectivity index (χ0) is 28.4. The number of halogens is 1. The van der Waals surface area contributed by atoms with Crippen molar-refractivity contribution in [3.05, 3.63) is 54.6 Å². The lowest BCUT2D eigenvalue weighted by Crippen LogP contribution is -2.57. The first-order valence-electron chi connectivity index (χ1n) is 13.7. The number of amides is 2. The summed E-state index contributed by atoms with van der Waals surface area (Å²) in [7, 11) is 0. The second-order valence-electron chi connectivity index (χ2n) is 11.0. The predicted molar refractivity (Wildman–Crippen MR) is 149 cm³/mol. The Balaban J connectivity index is 1.76. The predicted octanol–water partition coefficient (Wildman–Crippen LogP) is 4.15. The second-order valence-corrected chi connectivity index (χ2v) is 11.4. The molecule has 1 aromatic rings. The van der Waals surface area contributed by atoms with Crippen molar-refractivity contribution >= 4 is 35.1 Å². The van der Waals surface area contributed by atoms with Crippen LogP contribution in [0.3, 0.4) is 0 Å². The summed E-state index contributed by atoms with van der Waals surface area (Å²) in [6, 6.07) is 6.03. The molecule has 3 unspecified atom stereocenters. The van der Waals surface area contributed by atoms with Crippen LogP contribution >= 0.6 is 11.6 Å². The summed E-state index contributed by atoms with van der Waals surface area (Å²) in [5, 5.41) is 9.79. The number of esters is 1. The van der Waals surface area contributed by atoms with Crippen molar-refractivity contribution in [1.82, 2.24) is 4.90 Å². The lowest BCUT2D eigenvalue weighted by molar-refractivity contribution is -0.161. The summed E-state index contributed by atoms with van der Waals surface area (Å²) < 4.78 is 12.3. The van der Waals surface area contributed by atoms with Crippen LogP contribution in [0.25, 0.3) is 0 Å². The molecule has 0 radical (unpaired) electrons. The van der Waals surface area contributed by atoms with Crippen LogP contribution in [0, 0.1) is 17.8 Å². The Hall–Kier alpha value is -2.68. The molecule has 3 fully saturated rings. The van der Waals surface area contributed by atoms with Gasteiger partial charge in [0.1, 0.15) is 17.6 Å². The van der Waals surface area contributed by atoms with Crippen LogP contribution in [-0.2, 0) is 23.9 Å². The van der Waals surface area contributed by atoms with Gasteiger partial charge in [-0.05, 0) is 69.2 Å². The SMILES string of the molecule is C=CCCOC(=O)[C@@H]1[C@H]2C(=O)N(CCCCCO)C(C(=O)N(CC=C)c3ccc(Cl)cc3)C23CC(C)[C@@]1(C)O3. The summed E-state index contributed by atoms with van der Waals surface area (Å²) >= 11 is 6.11. The molecular formula is C30H39ClN2O6. The largest absolute Gasteiger partial charge is 0.465 e. The van der Waals surface area contributed by atoms with Gasteiger partial charge in [-0.25, -0.2) is 0 Å². The molecule has 0 aliphatic carbocycles. The lowest BCUT2D eigenvalue weighted by atomic mass is 9.62. The average molecular weight is 559 g/mol. The van der Waals surface area contributed by atoms with Crippen LogP contribution in [0.15, 0.2) is 49.6 Å². The number of nitrogens with zero attached hydrogens (tertiary/aromatic N) is 2. The third kappa shape index (κ3) is 5.03. The van der Waals surface area contributed by atoms with E-state index in [2.05, 4.69) is 13.2 Å². The summed E-state index contributed by atoms with van der Waals surface area (Å²) in [6.45, 7) is 12.2. The molecule has 1 aromatic carbocycles. The number of carbonyl (C=O) groups is 3. The molecule has 2 amide bonds. The highest BCUT2D eigenvalue weighted by Gasteiger charge is 2.80. The molecule has 0 saturated carbocycles. The van der Waals surface area contributed by atoms with Gasteiger partial charge in [-0.2, -0.15) is 0 Å². The van der Waals surface area contributed by atoms with Crippen LogP contribution in [0.2, 0.25) is 5.02 Å². The maximum absolute atomic E-state index is 14.5. The van der Waals surface area contributed by atoms with Gasteiger partial charge in [0.2, 0.25) is 5.91 Å². The smallest absolute Gasteiger partial charge is 0.312 e. The van der Waals surface area contributed by atoms with Crippen LogP contribution in [-0.4, -0.2) is 71.3 Å². The number of carbonyl (C=O) groups excluding carboxylic acids is 3. The zero-order valence-corrected chi connectivity index (χ0v) is 23.6. The number of anilines is 1. The molecule has 0 aromatic heterocycles. The van der Waals surface area contributed by atoms with Crippen molar-refractivity contribution in [1.29, 1.82) is 0 Å². The van der Waals surface area contributed by atoms with Gasteiger partial charge in [-0.3, -0.25) is 14.4 Å². The van der Waals surface area contributed by atoms with Gasteiger partial charge in [0.15, 0.2) is 0 Å². The van der Waals surface area contributed by atoms with Gasteiger partial charge < -0.3 is 24.4 Å². The standard InChI is InChI=1S/C30H39ClN2O6/c1-5-7-18-38-28(37)24-23-26(35)33(16-9-8-10-17-34)25(30(23)19-20(3)29(24,4)39-30)27(36)32(15-6-2)22-13-11-21(31)12-14-22/h5-6,11-14,20,23-25,34H,1-2,7-10,15-19H2,3-4H3/t20?,23-,24-,25?,29+,30?/m0/s1. The maximum Gasteiger partial charge on any atom is 0.312 e. The molecular weight excluding hydrogens is 520 g/mol. The van der Waals surface area contributed by atoms with Gasteiger partial charge >= 0.3 is 5.97 Å². The van der Waals surface area contributed by atoms with Crippen LogP contribution in [0.5, 0.6) is 0 Å². The van der Waals surface area contributed by atoms with E-state index in [4.69, 9.17) is 21.1 Å². The Kier molecular flexibility index (Phi) is 8.88. The van der Waals surface area contributed by atoms with Crippen molar-refractivity contribution in [3.8, 4) is 0 Å². The molecule has 1 spiro atoms. The van der Waals surface area contributed by atoms with E-state index in [1.54, 1.807) is 46.2 Å². The minimum Gasteiger partial charge on any atom is -0.465 e. The minimum absolute atomic E-state index is 0.0597. The van der Waals surface area contributed by atoms with E-state index >= 15 is 0 Å². The van der Waals surface area contributed by atoms with Crippen molar-refractivity contribution < 1.29 is 29.0 Å². The number of ether oxygens (including phenoxy) is 2. The lowest BCUT2D eigenvalue weighted by Gasteiger charge is -2.37. The van der Waals surface area contributed by atoms with Crippen LogP contribution in [0.1, 0.15) is 46.0 Å². The van der Waals surface area contributed by atoms with E-state index in [1.807, 2.05) is 13.8 Å². The first kappa shape index (κ1) is 29.3. The van der Waals surface area contributed by atoms with E-state index in [9.17, 15) is 19.5 Å². The Morgan fingerprint density at radius 3 is 2.59 bits per heavy atom. The summed E-state index contributed by atoms with van der Waals surface area (Å²) in [5.41, 5.74) is -1.46. The normalized spacial score (nSPS) is 30.8. The Morgan fingerprint density at radius 1 is 1.23 bits per heavy atom. The number of aliphatic hydroxyl groups excluding tert-OH is 1. The maximum atomic E-state index is 14.5. The van der Waals surface area contributed by atoms with Gasteiger partial charge in [-0.15, -0.1) is 13.2 Å². The van der Waals surface area contributed by atoms with Crippen molar-refractivity contribution in [3.63, 3.8) is 0 Å². The molecule has 212 valence electrons. The van der Waals surface area contributed by atoms with Gasteiger partial charge in [0, 0.05) is 30.4 Å². The Labute approximate surface area is 235 Å². The molecule has 3 aliphatic rings. The monoisotopic (exact) mass is 558 g/mol. The summed E-state index contributed by atoms with van der Waals surface area (Å²) in [5.74, 6) is -2.73. The molecule has 3 aliphatic heterocycles. The molecule has 8 nitrogen and oxygen atoms in total. The van der Waals surface area contributed by atoms with E-state index < -0.39 is 35.0 Å². The van der Waals surface area contributed by atoms with Gasteiger partial charge in [0.05, 0.1) is 18.1 Å². The third-order valence-electron chi connectivity index (χ3n) is 8.64. The number of unbranched alkanes of at least 4 members (excludes halogenated alkanes) is 2. The Bertz CT molecular complexity index is 1110. The second kappa shape index (κ2) is 11.8. The number of hydrogen-bond donors (Lipinski definition) is 1. The van der Waals surface area contributed by atoms with Gasteiger partial charge in [0.25, 0.3) is 5.91 Å². The van der Waals surface area contributed by atoms with E-state index in [0.717, 1.165) is 0 Å². The van der Waals surface area contributed by atoms with E-state index in [0.29, 0.717) is 49.4 Å². The van der Waals surface area contributed by atoms with E-state index in [1.165, 1.54) is 0 Å². The quantitative estimate of drug-likeness (QED) is 0.222. The number of fused-ring (bicyclic) bond motifs is 1. The molecule has 2 bridgehead atoms. The fourth-order valence-electron chi connectivity index (χ4n) is 6.74. The average Bonchev–Trinajstić information content (AvgIpc) is 3.42. The van der Waals surface area contributed by atoms with Crippen LogP contribution in [0.4, 0.5) is 5.69 Å². The van der Waals surface area contributed by atoms with E-state index in [-0.39, 0.29) is 37.5 Å². The number of aliphatic hydroxyl groups is 1. The number of hydrogen-bond acceptors (Lipinski definition) is 6. The van der Waals surface area contributed by atoms with Crippen molar-refractivity contribution in [2.24, 2.45) is 17.8 Å². The number of rotatable bonds is 13. The topological polar surface area (TPSA) is 96.4 Å².